The topological polar surface area (TPSA) is 44.5 Å². The highest BCUT2D eigenvalue weighted by molar-refractivity contribution is 6.42. The minimum Gasteiger partial charge on any atom is -0.468 e. The van der Waals surface area contributed by atoms with Gasteiger partial charge >= 0.3 is 0 Å². The molecule has 1 aliphatic carbocycles. The number of benzene rings is 1. The van der Waals surface area contributed by atoms with Crippen molar-refractivity contribution < 1.29 is 9.47 Å². The van der Waals surface area contributed by atoms with E-state index in [9.17, 15) is 0 Å². The Bertz CT molecular complexity index is 533. The predicted molar refractivity (Wildman–Crippen MR) is 71.6 cm³/mol. The van der Waals surface area contributed by atoms with E-state index in [0.29, 0.717) is 22.6 Å². The Balaban J connectivity index is 2.15. The molecule has 0 saturated heterocycles. The molecule has 0 spiro atoms. The van der Waals surface area contributed by atoms with E-state index in [1.54, 1.807) is 12.1 Å². The van der Waals surface area contributed by atoms with Gasteiger partial charge in [0.2, 0.25) is 0 Å². The minimum atomic E-state index is -1.69. The molecule has 3 rings (SSSR count). The lowest BCUT2D eigenvalue weighted by molar-refractivity contribution is 0.0833. The Morgan fingerprint density at radius 1 is 1.06 bits per heavy atom. The van der Waals surface area contributed by atoms with E-state index < -0.39 is 22.7 Å². The maximum absolute atomic E-state index is 6.00. The van der Waals surface area contributed by atoms with E-state index in [0.717, 1.165) is 0 Å². The first-order chi connectivity index (χ1) is 8.22. The molecule has 2 atom stereocenters. The third-order valence-corrected chi connectivity index (χ3v) is 3.42. The second-order valence-electron chi connectivity index (χ2n) is 4.80. The van der Waals surface area contributed by atoms with Gasteiger partial charge in [-0.25, -0.2) is 0 Å². The van der Waals surface area contributed by atoms with Gasteiger partial charge in [0.1, 0.15) is 0 Å². The molecule has 1 heterocycles. The molecule has 2 aliphatic rings. The Morgan fingerprint density at radius 2 is 1.61 bits per heavy atom. The zero-order valence-corrected chi connectivity index (χ0v) is 9.59. The van der Waals surface area contributed by atoms with Crippen LogP contribution in [0, 0.1) is 0 Å². The number of hydrogen-bond donors (Lipinski definition) is 1. The molecule has 2 N–H and O–H groups in total. The first-order valence-electron chi connectivity index (χ1n) is 5.45. The van der Waals surface area contributed by atoms with Gasteiger partial charge in [0, 0.05) is 0 Å². The molecule has 1 aromatic rings. The van der Waals surface area contributed by atoms with Crippen molar-refractivity contribution in [3.8, 4) is 11.5 Å². The Hall–Kier alpha value is -0.895. The number of ether oxygens (including phenoxy) is 2. The van der Waals surface area contributed by atoms with Crippen molar-refractivity contribution >= 4 is 39.2 Å². The van der Waals surface area contributed by atoms with E-state index in [2.05, 4.69) is 0 Å². The standard InChI is InChI=1S/C10H6B5NO2/c11-7-3-1-5-6(18-10(14,15)17-5)2-4(3)9(12,13)8(7)16/h1-2,7-8H,16H2. The minimum absolute atomic E-state index is 0.375. The molecule has 1 aliphatic heterocycles. The van der Waals surface area contributed by atoms with Gasteiger partial charge in [-0.15, -0.1) is 0 Å². The van der Waals surface area contributed by atoms with Crippen molar-refractivity contribution in [1.82, 2.24) is 0 Å². The quantitative estimate of drug-likeness (QED) is 0.545. The lowest BCUT2D eigenvalue weighted by atomic mass is 9.48. The summed E-state index contributed by atoms with van der Waals surface area (Å²) in [6.07, 6.45) is 0. The van der Waals surface area contributed by atoms with Gasteiger partial charge in [0.15, 0.2) is 32.8 Å². The second kappa shape index (κ2) is 3.35. The summed E-state index contributed by atoms with van der Waals surface area (Å²) in [7, 11) is 29.0. The van der Waals surface area contributed by atoms with Crippen molar-refractivity contribution in [1.29, 1.82) is 0 Å². The molecule has 1 aromatic carbocycles. The molecule has 3 nitrogen and oxygen atoms in total. The van der Waals surface area contributed by atoms with Gasteiger partial charge in [-0.1, -0.05) is 10.8 Å². The normalized spacial score (nSPS) is 30.1. The van der Waals surface area contributed by atoms with Crippen LogP contribution in [0.5, 0.6) is 11.5 Å². The van der Waals surface area contributed by atoms with Crippen molar-refractivity contribution in [3.05, 3.63) is 23.3 Å². The van der Waals surface area contributed by atoms with E-state index in [1.165, 1.54) is 0 Å². The molecular formula is C10H6B5NO2. The summed E-state index contributed by atoms with van der Waals surface area (Å²) in [6, 6.07) is 2.70. The molecule has 0 saturated carbocycles. The fraction of sp³-hybridized carbons (Fsp3) is 0.400. The zero-order chi connectivity index (χ0) is 13.3. The molecule has 0 fully saturated rings. The Labute approximate surface area is 112 Å². The average molecular weight is 226 g/mol. The molecule has 0 bridgehead atoms. The average Bonchev–Trinajstić information content (AvgIpc) is 2.64. The van der Waals surface area contributed by atoms with Gasteiger partial charge in [0.05, 0.1) is 23.5 Å². The summed E-state index contributed by atoms with van der Waals surface area (Å²) in [5.74, 6) is 0.300. The van der Waals surface area contributed by atoms with E-state index in [-0.39, 0.29) is 0 Å². The zero-order valence-electron chi connectivity index (χ0n) is 9.59. The number of nitrogens with two attached hydrogens (primary N) is 1. The van der Waals surface area contributed by atoms with Crippen LogP contribution in [0.1, 0.15) is 16.9 Å². The van der Waals surface area contributed by atoms with E-state index in [4.69, 9.17) is 54.4 Å². The largest absolute Gasteiger partial charge is 0.468 e. The van der Waals surface area contributed by atoms with Crippen LogP contribution in [0.25, 0.3) is 0 Å². The molecule has 78 valence electrons. The predicted octanol–water partition coefficient (Wildman–Crippen LogP) is -1.55. The molecule has 10 radical (unpaired) electrons. The summed E-state index contributed by atoms with van der Waals surface area (Å²) in [4.78, 5) is 0. The highest BCUT2D eigenvalue weighted by Crippen LogP contribution is 2.48. The van der Waals surface area contributed by atoms with Crippen LogP contribution in [0.2, 0.25) is 0 Å². The lowest BCUT2D eigenvalue weighted by Gasteiger charge is -2.28. The van der Waals surface area contributed by atoms with Gasteiger partial charge in [-0.05, 0) is 29.6 Å². The fourth-order valence-corrected chi connectivity index (χ4v) is 2.42. The summed E-state index contributed by atoms with van der Waals surface area (Å²) in [6.45, 7) is 0. The van der Waals surface area contributed by atoms with Crippen molar-refractivity contribution in [3.63, 3.8) is 0 Å². The molecule has 0 aromatic heterocycles. The van der Waals surface area contributed by atoms with E-state index in [1.807, 2.05) is 0 Å². The number of fused-ring (bicyclic) bond motifs is 2. The van der Waals surface area contributed by atoms with Crippen molar-refractivity contribution in [2.45, 2.75) is 22.7 Å². The highest BCUT2D eigenvalue weighted by atomic mass is 16.7. The number of hydrogen-bond acceptors (Lipinski definition) is 3. The summed E-state index contributed by atoms with van der Waals surface area (Å²) in [5, 5.41) is -1.22. The number of rotatable bonds is 0. The SMILES string of the molecule is [B]C1c2cc3c(cc2C([B])([B])C1N)OC([B])([B])O3. The smallest absolute Gasteiger partial charge is 0.175 e. The fourth-order valence-electron chi connectivity index (χ4n) is 2.42. The van der Waals surface area contributed by atoms with Crippen LogP contribution in [-0.2, 0) is 5.21 Å². The van der Waals surface area contributed by atoms with Crippen LogP contribution in [0.3, 0.4) is 0 Å². The Morgan fingerprint density at radius 3 is 2.22 bits per heavy atom. The molecule has 2 unspecified atom stereocenters. The molecule has 18 heavy (non-hydrogen) atoms. The van der Waals surface area contributed by atoms with Crippen LogP contribution >= 0.6 is 0 Å². The second-order valence-corrected chi connectivity index (χ2v) is 4.80. The molecule has 0 amide bonds. The van der Waals surface area contributed by atoms with Crippen molar-refractivity contribution in [2.75, 3.05) is 0 Å². The Kier molecular flexibility index (Phi) is 2.26. The van der Waals surface area contributed by atoms with Gasteiger partial charge in [0.25, 0.3) is 0 Å². The summed E-state index contributed by atoms with van der Waals surface area (Å²) in [5.41, 5.74) is 5.56. The molecule has 8 heteroatoms. The first kappa shape index (κ1) is 12.2. The maximum Gasteiger partial charge on any atom is 0.175 e. The summed E-state index contributed by atoms with van der Waals surface area (Å²) < 4.78 is 10.5. The van der Waals surface area contributed by atoms with Crippen LogP contribution in [0.4, 0.5) is 0 Å². The first-order valence-corrected chi connectivity index (χ1v) is 5.45. The van der Waals surface area contributed by atoms with Crippen LogP contribution in [-0.4, -0.2) is 50.9 Å². The summed E-state index contributed by atoms with van der Waals surface area (Å²) >= 11 is 0. The van der Waals surface area contributed by atoms with Crippen LogP contribution in [0.15, 0.2) is 12.1 Å². The maximum atomic E-state index is 6.00. The highest BCUT2D eigenvalue weighted by Gasteiger charge is 2.43. The van der Waals surface area contributed by atoms with E-state index >= 15 is 0 Å². The van der Waals surface area contributed by atoms with Crippen LogP contribution < -0.4 is 15.2 Å². The van der Waals surface area contributed by atoms with Gasteiger partial charge < -0.3 is 15.2 Å². The van der Waals surface area contributed by atoms with Gasteiger partial charge in [-0.3, -0.25) is 0 Å². The third kappa shape index (κ3) is 1.48. The third-order valence-electron chi connectivity index (χ3n) is 3.42. The van der Waals surface area contributed by atoms with Gasteiger partial charge in [-0.2, -0.15) is 0 Å². The van der Waals surface area contributed by atoms with Crippen molar-refractivity contribution in [2.24, 2.45) is 5.73 Å². The lowest BCUT2D eigenvalue weighted by Crippen LogP contribution is -2.45. The molecular weight excluding hydrogens is 220 g/mol. The monoisotopic (exact) mass is 227 g/mol.